The van der Waals surface area contributed by atoms with Gasteiger partial charge >= 0.3 is 47.9 Å². The summed E-state index contributed by atoms with van der Waals surface area (Å²) in [6, 6.07) is 0. The average Bonchev–Trinajstić information content (AvgIpc) is 2.76. The maximum absolute atomic E-state index is 14.3. The lowest BCUT2D eigenvalue weighted by Crippen LogP contribution is -2.74. The van der Waals surface area contributed by atoms with Crippen LogP contribution < -0.4 is 0 Å². The number of nitrogens with zero attached hydrogens (tertiary/aromatic N) is 1. The normalized spacial score (nSPS) is 14.9. The molecule has 37 heavy (non-hydrogen) atoms. The average molecular weight is 585 g/mol. The molecule has 0 unspecified atom stereocenters. The van der Waals surface area contributed by atoms with Crippen LogP contribution in [0.1, 0.15) is 52.4 Å². The van der Waals surface area contributed by atoms with Gasteiger partial charge in [0.25, 0.3) is 5.91 Å². The number of rotatable bonds is 16. The maximum Gasteiger partial charge on any atom is 0.392 e. The van der Waals surface area contributed by atoms with Crippen molar-refractivity contribution in [3.63, 3.8) is 0 Å². The van der Waals surface area contributed by atoms with E-state index in [4.69, 9.17) is 0 Å². The number of hydrogen-bond acceptors (Lipinski definition) is 1. The van der Waals surface area contributed by atoms with E-state index in [1.165, 1.54) is 0 Å². The van der Waals surface area contributed by atoms with Crippen LogP contribution in [0.15, 0.2) is 0 Å². The van der Waals surface area contributed by atoms with Crippen LogP contribution in [0.4, 0.5) is 70.2 Å². The van der Waals surface area contributed by atoms with Gasteiger partial charge in [0.05, 0.1) is 0 Å². The lowest BCUT2D eigenvalue weighted by molar-refractivity contribution is -0.444. The minimum absolute atomic E-state index is 0.148. The van der Waals surface area contributed by atoms with Crippen LogP contribution in [0.5, 0.6) is 0 Å². The van der Waals surface area contributed by atoms with Crippen molar-refractivity contribution in [2.45, 2.75) is 100 Å². The van der Waals surface area contributed by atoms with Crippen LogP contribution in [-0.2, 0) is 4.79 Å². The molecule has 0 heterocycles. The lowest BCUT2D eigenvalue weighted by atomic mass is 9.89. The van der Waals surface area contributed by atoms with E-state index < -0.39 is 66.9 Å². The summed E-state index contributed by atoms with van der Waals surface area (Å²) in [6.07, 6.45) is -5.20. The van der Waals surface area contributed by atoms with Gasteiger partial charge in [-0.1, -0.05) is 39.5 Å². The van der Waals surface area contributed by atoms with Gasteiger partial charge in [0, 0.05) is 13.1 Å². The molecule has 0 aliphatic heterocycles. The smallest absolute Gasteiger partial charge is 0.337 e. The third-order valence-electron chi connectivity index (χ3n) is 5.28. The fourth-order valence-electron chi connectivity index (χ4n) is 2.89. The van der Waals surface area contributed by atoms with Crippen molar-refractivity contribution in [3.05, 3.63) is 0 Å². The van der Waals surface area contributed by atoms with Crippen molar-refractivity contribution < 1.29 is 75.0 Å². The van der Waals surface area contributed by atoms with Crippen molar-refractivity contribution in [2.75, 3.05) is 13.1 Å². The van der Waals surface area contributed by atoms with Gasteiger partial charge in [-0.05, 0) is 12.8 Å². The molecule has 0 aromatic rings. The Labute approximate surface area is 200 Å². The first-order valence-electron chi connectivity index (χ1n) is 10.6. The summed E-state index contributed by atoms with van der Waals surface area (Å²) in [5.74, 6) is -59.1. The Balaban J connectivity index is 6.59. The lowest BCUT2D eigenvalue weighted by Gasteiger charge is -2.42. The van der Waals surface area contributed by atoms with Crippen molar-refractivity contribution in [1.82, 2.24) is 4.90 Å². The van der Waals surface area contributed by atoms with Crippen LogP contribution >= 0.6 is 0 Å². The number of alkyl halides is 16. The Hall–Kier alpha value is -1.65. The number of amides is 1. The summed E-state index contributed by atoms with van der Waals surface area (Å²) in [5.41, 5.74) is 0. The number of halogens is 16. The molecule has 0 N–H and O–H groups in total. The van der Waals surface area contributed by atoms with E-state index in [-0.39, 0.29) is 30.6 Å². The molecule has 0 atom stereocenters. The van der Waals surface area contributed by atoms with Crippen LogP contribution in [0.25, 0.3) is 0 Å². The molecule has 0 aliphatic rings. The third kappa shape index (κ3) is 5.86. The predicted molar refractivity (Wildman–Crippen MR) is 96.3 cm³/mol. The number of hydrogen-bond donors (Lipinski definition) is 0. The molecular formula is C19H23F16NO. The summed E-state index contributed by atoms with van der Waals surface area (Å²) in [6.45, 7) is 1.50. The molecule has 18 heteroatoms. The quantitative estimate of drug-likeness (QED) is 0.133. The zero-order valence-electron chi connectivity index (χ0n) is 19.1. The molecule has 1 amide bonds. The second-order valence-corrected chi connectivity index (χ2v) is 8.08. The topological polar surface area (TPSA) is 20.3 Å². The molecule has 0 fully saturated rings. The predicted octanol–water partition coefficient (Wildman–Crippen LogP) is 7.91. The summed E-state index contributed by atoms with van der Waals surface area (Å²) < 4.78 is 216. The second-order valence-electron chi connectivity index (χ2n) is 8.08. The summed E-state index contributed by atoms with van der Waals surface area (Å²) in [4.78, 5) is 11.9. The first kappa shape index (κ1) is 35.4. The van der Waals surface area contributed by atoms with Crippen LogP contribution in [0, 0.1) is 0 Å². The van der Waals surface area contributed by atoms with Crippen molar-refractivity contribution >= 4 is 5.91 Å². The molecule has 0 aliphatic carbocycles. The number of unbranched alkanes of at least 4 members (excludes halogenated alkanes) is 4. The van der Waals surface area contributed by atoms with Crippen LogP contribution in [0.3, 0.4) is 0 Å². The number of carbonyl (C=O) groups is 1. The van der Waals surface area contributed by atoms with Crippen LogP contribution in [0.2, 0.25) is 0 Å². The van der Waals surface area contributed by atoms with E-state index in [0.29, 0.717) is 12.8 Å². The highest BCUT2D eigenvalue weighted by Gasteiger charge is 2.94. The Morgan fingerprint density at radius 1 is 0.568 bits per heavy atom. The van der Waals surface area contributed by atoms with Gasteiger partial charge in [0.1, 0.15) is 0 Å². The molecule has 0 rings (SSSR count). The molecule has 0 spiro atoms. The van der Waals surface area contributed by atoms with Crippen LogP contribution in [-0.4, -0.2) is 71.8 Å². The largest absolute Gasteiger partial charge is 0.392 e. The monoisotopic (exact) mass is 585 g/mol. The minimum Gasteiger partial charge on any atom is -0.337 e. The van der Waals surface area contributed by atoms with Gasteiger partial charge in [-0.15, -0.1) is 0 Å². The fraction of sp³-hybridized carbons (Fsp3) is 0.947. The Morgan fingerprint density at radius 2 is 0.892 bits per heavy atom. The zero-order valence-corrected chi connectivity index (χ0v) is 19.1. The number of carbonyl (C=O) groups excluding carboxylic acids is 1. The Morgan fingerprint density at radius 3 is 1.22 bits per heavy atom. The molecule has 0 aromatic carbocycles. The van der Waals surface area contributed by atoms with E-state index in [1.807, 2.05) is 0 Å². The maximum atomic E-state index is 14.3. The third-order valence-corrected chi connectivity index (χ3v) is 5.28. The summed E-state index contributed by atoms with van der Waals surface area (Å²) >= 11 is 0. The first-order chi connectivity index (χ1) is 16.4. The minimum atomic E-state index is -8.51. The van der Waals surface area contributed by atoms with E-state index in [2.05, 4.69) is 0 Å². The van der Waals surface area contributed by atoms with Crippen molar-refractivity contribution in [2.24, 2.45) is 0 Å². The van der Waals surface area contributed by atoms with E-state index >= 15 is 0 Å². The highest BCUT2D eigenvalue weighted by Crippen LogP contribution is 2.62. The first-order valence-corrected chi connectivity index (χ1v) is 10.6. The molecule has 2 nitrogen and oxygen atoms in total. The van der Waals surface area contributed by atoms with Crippen molar-refractivity contribution in [1.29, 1.82) is 0 Å². The molecule has 0 saturated heterocycles. The van der Waals surface area contributed by atoms with Gasteiger partial charge < -0.3 is 4.90 Å². The van der Waals surface area contributed by atoms with Gasteiger partial charge in [-0.25, -0.2) is 8.78 Å². The second kappa shape index (κ2) is 11.6. The van der Waals surface area contributed by atoms with E-state index in [0.717, 1.165) is 0 Å². The van der Waals surface area contributed by atoms with E-state index in [9.17, 15) is 75.0 Å². The summed E-state index contributed by atoms with van der Waals surface area (Å²) in [5, 5.41) is 0. The SMILES string of the molecule is CCCCCN(CCCCC)C(=O)C(F)(F)C(F)(F)C(F)(F)C(F)(F)C(F)(F)C(F)(F)C(F)(F)C(F)F. The van der Waals surface area contributed by atoms with Crippen molar-refractivity contribution in [3.8, 4) is 0 Å². The molecule has 0 aromatic heterocycles. The van der Waals surface area contributed by atoms with Gasteiger partial charge in [0.2, 0.25) is 0 Å². The zero-order chi connectivity index (χ0) is 29.9. The molecule has 0 radical (unpaired) electrons. The Bertz CT molecular complexity index is 742. The molecule has 0 saturated carbocycles. The van der Waals surface area contributed by atoms with Gasteiger partial charge in [0.15, 0.2) is 0 Å². The summed E-state index contributed by atoms with van der Waals surface area (Å²) in [7, 11) is 0. The van der Waals surface area contributed by atoms with E-state index in [1.54, 1.807) is 13.8 Å². The molecule has 0 bridgehead atoms. The Kier molecular flexibility index (Phi) is 11.1. The fourth-order valence-corrected chi connectivity index (χ4v) is 2.89. The molecule has 222 valence electrons. The van der Waals surface area contributed by atoms with Gasteiger partial charge in [-0.2, -0.15) is 61.5 Å². The highest BCUT2D eigenvalue weighted by molar-refractivity contribution is 5.85. The molecular weight excluding hydrogens is 562 g/mol. The standard InChI is InChI=1S/C19H23F16NO/c1-3-5-7-9-36(10-8-6-4-2)12(37)14(24,25)16(28,29)18(32,33)19(34,35)17(30,31)15(26,27)13(22,23)11(20)21/h11H,3-10H2,1-2H3. The highest BCUT2D eigenvalue weighted by atomic mass is 19.4. The van der Waals surface area contributed by atoms with Gasteiger partial charge in [-0.3, -0.25) is 4.79 Å².